The molecule has 2 heterocycles. The van der Waals surface area contributed by atoms with Crippen molar-refractivity contribution in [1.29, 1.82) is 0 Å². The van der Waals surface area contributed by atoms with Gasteiger partial charge in [0, 0.05) is 11.8 Å². The number of hydrogen-bond donors (Lipinski definition) is 1. The summed E-state index contributed by atoms with van der Waals surface area (Å²) in [4.78, 5) is 4.54. The summed E-state index contributed by atoms with van der Waals surface area (Å²) in [5.41, 5.74) is 2.93. The van der Waals surface area contributed by atoms with Gasteiger partial charge in [0.15, 0.2) is 5.65 Å². The van der Waals surface area contributed by atoms with Gasteiger partial charge >= 0.3 is 0 Å². The Morgan fingerprint density at radius 2 is 2.15 bits per heavy atom. The van der Waals surface area contributed by atoms with Crippen LogP contribution in [0.3, 0.4) is 0 Å². The van der Waals surface area contributed by atoms with Crippen molar-refractivity contribution in [2.75, 3.05) is 7.11 Å². The first-order chi connectivity index (χ1) is 9.74. The van der Waals surface area contributed by atoms with Crippen LogP contribution in [0.4, 0.5) is 0 Å². The van der Waals surface area contributed by atoms with Gasteiger partial charge in [-0.3, -0.25) is 4.40 Å². The molecule has 3 rings (SSSR count). The molecule has 0 aliphatic rings. The van der Waals surface area contributed by atoms with Crippen LogP contribution in [0.15, 0.2) is 42.6 Å². The number of imidazole rings is 1. The van der Waals surface area contributed by atoms with E-state index in [1.54, 1.807) is 17.6 Å². The summed E-state index contributed by atoms with van der Waals surface area (Å²) in [7, 11) is 1.62. The topological polar surface area (TPSA) is 46.8 Å². The normalized spacial score (nSPS) is 10.9. The van der Waals surface area contributed by atoms with Crippen LogP contribution >= 0.6 is 11.6 Å². The maximum Gasteiger partial charge on any atom is 0.156 e. The predicted octanol–water partition coefficient (Wildman–Crippen LogP) is 3.16. The van der Waals surface area contributed by atoms with Gasteiger partial charge < -0.3 is 9.84 Å². The first-order valence-electron chi connectivity index (χ1n) is 6.15. The SMILES string of the molecule is COc1cccc(-c2nc3c(Cl)cccn3c2CO)c1. The molecular formula is C15H13ClN2O2. The molecule has 0 spiro atoms. The van der Waals surface area contributed by atoms with E-state index in [9.17, 15) is 5.11 Å². The van der Waals surface area contributed by atoms with Crippen LogP contribution in [0.5, 0.6) is 5.75 Å². The molecule has 20 heavy (non-hydrogen) atoms. The summed E-state index contributed by atoms with van der Waals surface area (Å²) in [6, 6.07) is 11.2. The first kappa shape index (κ1) is 13.0. The van der Waals surface area contributed by atoms with Crippen LogP contribution in [0, 0.1) is 0 Å². The molecule has 0 aliphatic heterocycles. The molecule has 0 radical (unpaired) electrons. The van der Waals surface area contributed by atoms with Crippen LogP contribution in [0.25, 0.3) is 16.9 Å². The summed E-state index contributed by atoms with van der Waals surface area (Å²) < 4.78 is 7.03. The molecule has 4 nitrogen and oxygen atoms in total. The van der Waals surface area contributed by atoms with E-state index in [4.69, 9.17) is 16.3 Å². The standard InChI is InChI=1S/C15H13ClN2O2/c1-20-11-5-2-4-10(8-11)14-13(9-19)18-7-3-6-12(16)15(18)17-14/h2-8,19H,9H2,1H3. The van der Waals surface area contributed by atoms with Crippen molar-refractivity contribution in [2.45, 2.75) is 6.61 Å². The van der Waals surface area contributed by atoms with E-state index in [0.717, 1.165) is 11.3 Å². The zero-order chi connectivity index (χ0) is 14.1. The van der Waals surface area contributed by atoms with E-state index in [1.807, 2.05) is 36.5 Å². The van der Waals surface area contributed by atoms with Gasteiger partial charge in [-0.05, 0) is 24.3 Å². The highest BCUT2D eigenvalue weighted by Gasteiger charge is 2.15. The van der Waals surface area contributed by atoms with Gasteiger partial charge in [-0.2, -0.15) is 0 Å². The Morgan fingerprint density at radius 1 is 1.30 bits per heavy atom. The van der Waals surface area contributed by atoms with E-state index < -0.39 is 0 Å². The van der Waals surface area contributed by atoms with Crippen molar-refractivity contribution >= 4 is 17.2 Å². The van der Waals surface area contributed by atoms with Gasteiger partial charge in [0.25, 0.3) is 0 Å². The monoisotopic (exact) mass is 288 g/mol. The lowest BCUT2D eigenvalue weighted by molar-refractivity contribution is 0.276. The Kier molecular flexibility index (Phi) is 3.34. The second-order valence-corrected chi connectivity index (χ2v) is 4.75. The van der Waals surface area contributed by atoms with E-state index in [-0.39, 0.29) is 6.61 Å². The smallest absolute Gasteiger partial charge is 0.156 e. The molecule has 1 N–H and O–H groups in total. The molecule has 0 atom stereocenters. The number of aliphatic hydroxyl groups excluding tert-OH is 1. The molecule has 5 heteroatoms. The number of halogens is 1. The predicted molar refractivity (Wildman–Crippen MR) is 78.1 cm³/mol. The van der Waals surface area contributed by atoms with Gasteiger partial charge in [-0.1, -0.05) is 23.7 Å². The lowest BCUT2D eigenvalue weighted by atomic mass is 10.1. The second-order valence-electron chi connectivity index (χ2n) is 4.35. The summed E-state index contributed by atoms with van der Waals surface area (Å²) in [6.07, 6.45) is 1.84. The number of methoxy groups -OCH3 is 1. The van der Waals surface area contributed by atoms with Gasteiger partial charge in [0.05, 0.1) is 30.1 Å². The highest BCUT2D eigenvalue weighted by Crippen LogP contribution is 2.29. The average Bonchev–Trinajstić information content (AvgIpc) is 2.87. The zero-order valence-electron chi connectivity index (χ0n) is 10.9. The van der Waals surface area contributed by atoms with E-state index in [2.05, 4.69) is 4.98 Å². The van der Waals surface area contributed by atoms with E-state index in [0.29, 0.717) is 22.1 Å². The summed E-state index contributed by atoms with van der Waals surface area (Å²) in [5.74, 6) is 0.745. The largest absolute Gasteiger partial charge is 0.497 e. The van der Waals surface area contributed by atoms with E-state index in [1.165, 1.54) is 0 Å². The van der Waals surface area contributed by atoms with Crippen LogP contribution in [0.2, 0.25) is 5.02 Å². The Morgan fingerprint density at radius 3 is 2.90 bits per heavy atom. The minimum absolute atomic E-state index is 0.117. The molecule has 0 aliphatic carbocycles. The Balaban J connectivity index is 2.27. The molecule has 0 amide bonds. The molecule has 2 aromatic heterocycles. The molecule has 0 unspecified atom stereocenters. The third-order valence-corrected chi connectivity index (χ3v) is 3.49. The van der Waals surface area contributed by atoms with Crippen molar-refractivity contribution in [3.05, 3.63) is 53.3 Å². The number of pyridine rings is 1. The van der Waals surface area contributed by atoms with Gasteiger partial charge in [-0.25, -0.2) is 4.98 Å². The van der Waals surface area contributed by atoms with Gasteiger partial charge in [-0.15, -0.1) is 0 Å². The number of nitrogens with zero attached hydrogens (tertiary/aromatic N) is 2. The average molecular weight is 289 g/mol. The summed E-state index contributed by atoms with van der Waals surface area (Å²) in [6.45, 7) is -0.117. The van der Waals surface area contributed by atoms with Crippen molar-refractivity contribution in [1.82, 2.24) is 9.38 Å². The fourth-order valence-electron chi connectivity index (χ4n) is 2.24. The fourth-order valence-corrected chi connectivity index (χ4v) is 2.44. The molecule has 1 aromatic carbocycles. The minimum atomic E-state index is -0.117. The third kappa shape index (κ3) is 2.03. The van der Waals surface area contributed by atoms with Crippen molar-refractivity contribution in [3.63, 3.8) is 0 Å². The summed E-state index contributed by atoms with van der Waals surface area (Å²) in [5, 5.41) is 10.2. The van der Waals surface area contributed by atoms with Crippen molar-refractivity contribution in [2.24, 2.45) is 0 Å². The molecule has 0 saturated carbocycles. The highest BCUT2D eigenvalue weighted by atomic mass is 35.5. The number of aromatic nitrogens is 2. The highest BCUT2D eigenvalue weighted by molar-refractivity contribution is 6.33. The second kappa shape index (κ2) is 5.15. The zero-order valence-corrected chi connectivity index (χ0v) is 11.6. The molecular weight excluding hydrogens is 276 g/mol. The van der Waals surface area contributed by atoms with Crippen molar-refractivity contribution in [3.8, 4) is 17.0 Å². The molecule has 102 valence electrons. The lowest BCUT2D eigenvalue weighted by Gasteiger charge is -2.04. The number of hydrogen-bond acceptors (Lipinski definition) is 3. The van der Waals surface area contributed by atoms with Crippen LogP contribution in [-0.2, 0) is 6.61 Å². The lowest BCUT2D eigenvalue weighted by Crippen LogP contribution is -1.94. The van der Waals surface area contributed by atoms with Gasteiger partial charge in [0.1, 0.15) is 5.75 Å². The number of rotatable bonds is 3. The Hall–Kier alpha value is -2.04. The van der Waals surface area contributed by atoms with Crippen LogP contribution < -0.4 is 4.74 Å². The molecule has 0 bridgehead atoms. The maximum absolute atomic E-state index is 9.65. The Bertz CT molecular complexity index is 768. The minimum Gasteiger partial charge on any atom is -0.497 e. The first-order valence-corrected chi connectivity index (χ1v) is 6.53. The van der Waals surface area contributed by atoms with Crippen LogP contribution in [0.1, 0.15) is 5.69 Å². The number of aliphatic hydroxyl groups is 1. The molecule has 0 saturated heterocycles. The fraction of sp³-hybridized carbons (Fsp3) is 0.133. The Labute approximate surface area is 121 Å². The van der Waals surface area contributed by atoms with E-state index >= 15 is 0 Å². The van der Waals surface area contributed by atoms with Crippen LogP contribution in [-0.4, -0.2) is 21.6 Å². The van der Waals surface area contributed by atoms with Gasteiger partial charge in [0.2, 0.25) is 0 Å². The number of ether oxygens (including phenoxy) is 1. The number of fused-ring (bicyclic) bond motifs is 1. The molecule has 3 aromatic rings. The van der Waals surface area contributed by atoms with Crippen molar-refractivity contribution < 1.29 is 9.84 Å². The third-order valence-electron chi connectivity index (χ3n) is 3.19. The summed E-state index contributed by atoms with van der Waals surface area (Å²) >= 11 is 6.16. The maximum atomic E-state index is 9.65. The quantitative estimate of drug-likeness (QED) is 0.805. The molecule has 0 fully saturated rings. The number of benzene rings is 1.